The fourth-order valence-electron chi connectivity index (χ4n) is 1.41. The Hall–Kier alpha value is -2.10. The van der Waals surface area contributed by atoms with Gasteiger partial charge in [0.1, 0.15) is 5.82 Å². The van der Waals surface area contributed by atoms with E-state index in [0.717, 1.165) is 22.8 Å². The Kier molecular flexibility index (Phi) is 2.72. The van der Waals surface area contributed by atoms with E-state index in [1.807, 2.05) is 32.0 Å². The summed E-state index contributed by atoms with van der Waals surface area (Å²) >= 11 is 0. The Morgan fingerprint density at radius 2 is 1.94 bits per heavy atom. The van der Waals surface area contributed by atoms with E-state index in [9.17, 15) is 0 Å². The van der Waals surface area contributed by atoms with Crippen LogP contribution in [0, 0.1) is 13.8 Å². The zero-order valence-electron chi connectivity index (χ0n) is 9.36. The molecule has 3 N–H and O–H groups in total. The molecule has 2 rings (SSSR count). The van der Waals surface area contributed by atoms with E-state index in [-0.39, 0.29) is 0 Å². The monoisotopic (exact) mass is 214 g/mol. The summed E-state index contributed by atoms with van der Waals surface area (Å²) in [5, 5.41) is 3.20. The number of nitrogen functional groups attached to an aromatic ring is 1. The maximum atomic E-state index is 5.64. The van der Waals surface area contributed by atoms with Crippen molar-refractivity contribution in [1.82, 2.24) is 9.97 Å². The molecule has 0 bridgehead atoms. The van der Waals surface area contributed by atoms with Gasteiger partial charge in [-0.3, -0.25) is 4.98 Å². The first-order chi connectivity index (χ1) is 7.65. The second-order valence-electron chi connectivity index (χ2n) is 3.75. The minimum atomic E-state index is 0.671. The molecule has 0 amide bonds. The van der Waals surface area contributed by atoms with Crippen LogP contribution >= 0.6 is 0 Å². The van der Waals surface area contributed by atoms with Gasteiger partial charge in [0, 0.05) is 5.69 Å². The summed E-state index contributed by atoms with van der Waals surface area (Å²) in [4.78, 5) is 8.44. The van der Waals surface area contributed by atoms with E-state index in [0.29, 0.717) is 5.69 Å². The van der Waals surface area contributed by atoms with E-state index in [4.69, 9.17) is 5.73 Å². The molecule has 4 heteroatoms. The smallest absolute Gasteiger partial charge is 0.133 e. The summed E-state index contributed by atoms with van der Waals surface area (Å²) in [6.45, 7) is 3.92. The summed E-state index contributed by atoms with van der Waals surface area (Å²) in [6, 6.07) is 5.81. The maximum Gasteiger partial charge on any atom is 0.133 e. The average Bonchev–Trinajstić information content (AvgIpc) is 2.25. The van der Waals surface area contributed by atoms with Crippen LogP contribution in [0.15, 0.2) is 30.6 Å². The van der Waals surface area contributed by atoms with Gasteiger partial charge >= 0.3 is 0 Å². The van der Waals surface area contributed by atoms with Crippen molar-refractivity contribution in [3.63, 3.8) is 0 Å². The second kappa shape index (κ2) is 4.18. The molecule has 0 fully saturated rings. The third-order valence-electron chi connectivity index (χ3n) is 2.27. The van der Waals surface area contributed by atoms with Gasteiger partial charge in [-0.2, -0.15) is 0 Å². The van der Waals surface area contributed by atoms with E-state index in [1.54, 1.807) is 12.4 Å². The molecule has 2 aromatic heterocycles. The third kappa shape index (κ3) is 2.28. The van der Waals surface area contributed by atoms with Gasteiger partial charge in [0.2, 0.25) is 0 Å². The molecule has 16 heavy (non-hydrogen) atoms. The van der Waals surface area contributed by atoms with Gasteiger partial charge in [0.15, 0.2) is 0 Å². The summed E-state index contributed by atoms with van der Waals surface area (Å²) < 4.78 is 0. The van der Waals surface area contributed by atoms with Crippen LogP contribution in [-0.4, -0.2) is 9.97 Å². The van der Waals surface area contributed by atoms with Gasteiger partial charge in [-0.25, -0.2) is 4.98 Å². The first-order valence-corrected chi connectivity index (χ1v) is 5.07. The highest BCUT2D eigenvalue weighted by Gasteiger charge is 2.01. The van der Waals surface area contributed by atoms with E-state index < -0.39 is 0 Å². The summed E-state index contributed by atoms with van der Waals surface area (Å²) in [7, 11) is 0. The number of nitrogens with one attached hydrogen (secondary N) is 1. The van der Waals surface area contributed by atoms with Crippen molar-refractivity contribution >= 4 is 17.2 Å². The molecule has 0 aliphatic heterocycles. The van der Waals surface area contributed by atoms with Crippen LogP contribution < -0.4 is 11.1 Å². The molecule has 2 aromatic rings. The molecule has 0 spiro atoms. The number of hydrogen-bond acceptors (Lipinski definition) is 4. The lowest BCUT2D eigenvalue weighted by molar-refractivity contribution is 1.19. The number of nitrogens with zero attached hydrogens (tertiary/aromatic N) is 2. The van der Waals surface area contributed by atoms with Crippen molar-refractivity contribution in [3.8, 4) is 0 Å². The highest BCUT2D eigenvalue weighted by atomic mass is 15.0. The first-order valence-electron chi connectivity index (χ1n) is 5.07. The lowest BCUT2D eigenvalue weighted by atomic mass is 10.2. The number of aromatic nitrogens is 2. The minimum Gasteiger partial charge on any atom is -0.397 e. The van der Waals surface area contributed by atoms with E-state index in [1.165, 1.54) is 0 Å². The zero-order valence-corrected chi connectivity index (χ0v) is 9.36. The van der Waals surface area contributed by atoms with Crippen LogP contribution in [0.3, 0.4) is 0 Å². The van der Waals surface area contributed by atoms with Gasteiger partial charge < -0.3 is 11.1 Å². The number of rotatable bonds is 2. The predicted molar refractivity (Wildman–Crippen MR) is 65.6 cm³/mol. The highest BCUT2D eigenvalue weighted by molar-refractivity contribution is 5.60. The number of aryl methyl sites for hydroxylation is 2. The molecule has 0 saturated heterocycles. The highest BCUT2D eigenvalue weighted by Crippen LogP contribution is 2.18. The third-order valence-corrected chi connectivity index (χ3v) is 2.27. The Morgan fingerprint density at radius 1 is 1.12 bits per heavy atom. The van der Waals surface area contributed by atoms with Crippen molar-refractivity contribution in [2.24, 2.45) is 0 Å². The number of anilines is 3. The lowest BCUT2D eigenvalue weighted by Gasteiger charge is -2.08. The van der Waals surface area contributed by atoms with Gasteiger partial charge in [0.05, 0.1) is 23.8 Å². The quantitative estimate of drug-likeness (QED) is 0.805. The second-order valence-corrected chi connectivity index (χ2v) is 3.75. The molecular weight excluding hydrogens is 200 g/mol. The Morgan fingerprint density at radius 3 is 2.56 bits per heavy atom. The molecule has 2 heterocycles. The van der Waals surface area contributed by atoms with Crippen molar-refractivity contribution < 1.29 is 0 Å². The standard InChI is InChI=1S/C12H14N4/c1-8-5-10(13)6-15-12(8)16-11-4-3-9(2)14-7-11/h3-7H,13H2,1-2H3,(H,15,16). The van der Waals surface area contributed by atoms with Crippen molar-refractivity contribution in [2.45, 2.75) is 13.8 Å². The Balaban J connectivity index is 2.23. The largest absolute Gasteiger partial charge is 0.397 e. The number of hydrogen-bond donors (Lipinski definition) is 2. The van der Waals surface area contributed by atoms with Crippen LogP contribution in [0.5, 0.6) is 0 Å². The van der Waals surface area contributed by atoms with Crippen LogP contribution in [0.4, 0.5) is 17.2 Å². The molecule has 0 aliphatic carbocycles. The molecule has 0 atom stereocenters. The first kappa shape index (κ1) is 10.4. The molecule has 0 aromatic carbocycles. The van der Waals surface area contributed by atoms with Crippen molar-refractivity contribution in [1.29, 1.82) is 0 Å². The molecule has 0 saturated carbocycles. The fourth-order valence-corrected chi connectivity index (χ4v) is 1.41. The van der Waals surface area contributed by atoms with Gasteiger partial charge in [-0.05, 0) is 37.6 Å². The van der Waals surface area contributed by atoms with Crippen molar-refractivity contribution in [2.75, 3.05) is 11.1 Å². The van der Waals surface area contributed by atoms with Gasteiger partial charge in [-0.15, -0.1) is 0 Å². The fraction of sp³-hybridized carbons (Fsp3) is 0.167. The summed E-state index contributed by atoms with van der Waals surface area (Å²) in [5.41, 5.74) is 9.24. The van der Waals surface area contributed by atoms with Gasteiger partial charge in [-0.1, -0.05) is 0 Å². The predicted octanol–water partition coefficient (Wildman–Crippen LogP) is 2.42. The van der Waals surface area contributed by atoms with Crippen LogP contribution in [0.25, 0.3) is 0 Å². The number of nitrogens with two attached hydrogens (primary N) is 1. The molecule has 0 aliphatic rings. The average molecular weight is 214 g/mol. The SMILES string of the molecule is Cc1ccc(Nc2ncc(N)cc2C)cn1. The summed E-state index contributed by atoms with van der Waals surface area (Å²) in [5.74, 6) is 0.805. The minimum absolute atomic E-state index is 0.671. The van der Waals surface area contributed by atoms with Crippen LogP contribution in [-0.2, 0) is 0 Å². The van der Waals surface area contributed by atoms with Gasteiger partial charge in [0.25, 0.3) is 0 Å². The van der Waals surface area contributed by atoms with E-state index >= 15 is 0 Å². The summed E-state index contributed by atoms with van der Waals surface area (Å²) in [6.07, 6.45) is 3.42. The lowest BCUT2D eigenvalue weighted by Crippen LogP contribution is -1.98. The van der Waals surface area contributed by atoms with Crippen molar-refractivity contribution in [3.05, 3.63) is 41.9 Å². The van der Waals surface area contributed by atoms with Crippen LogP contribution in [0.1, 0.15) is 11.3 Å². The molecule has 82 valence electrons. The molecule has 0 radical (unpaired) electrons. The molecular formula is C12H14N4. The zero-order chi connectivity index (χ0) is 11.5. The molecule has 0 unspecified atom stereocenters. The number of pyridine rings is 2. The molecule has 4 nitrogen and oxygen atoms in total. The topological polar surface area (TPSA) is 63.8 Å². The van der Waals surface area contributed by atoms with Crippen LogP contribution in [0.2, 0.25) is 0 Å². The Labute approximate surface area is 94.5 Å². The Bertz CT molecular complexity index is 491. The van der Waals surface area contributed by atoms with E-state index in [2.05, 4.69) is 15.3 Å². The normalized spacial score (nSPS) is 10.1. The maximum absolute atomic E-state index is 5.64.